The van der Waals surface area contributed by atoms with Crippen molar-refractivity contribution >= 4 is 17.0 Å². The third-order valence-corrected chi connectivity index (χ3v) is 1.27. The number of rotatable bonds is 1. The summed E-state index contributed by atoms with van der Waals surface area (Å²) in [5, 5.41) is 0. The highest BCUT2D eigenvalue weighted by molar-refractivity contribution is 8.93. The van der Waals surface area contributed by atoms with Crippen LogP contribution in [0, 0.1) is 5.92 Å². The van der Waals surface area contributed by atoms with Crippen molar-refractivity contribution in [2.24, 2.45) is 5.92 Å². The van der Waals surface area contributed by atoms with Gasteiger partial charge < -0.3 is 0 Å². The van der Waals surface area contributed by atoms with Gasteiger partial charge in [-0.3, -0.25) is 0 Å². The monoisotopic (exact) mass is 150 g/mol. The lowest BCUT2D eigenvalue weighted by atomic mass is 10.3. The van der Waals surface area contributed by atoms with Crippen LogP contribution in [0.4, 0.5) is 0 Å². The summed E-state index contributed by atoms with van der Waals surface area (Å²) < 4.78 is 0. The van der Waals surface area contributed by atoms with Gasteiger partial charge >= 0.3 is 0 Å². The number of halogens is 1. The normalized spacial score (nSPS) is 19.5. The lowest BCUT2D eigenvalue weighted by molar-refractivity contribution is 0.799. The van der Waals surface area contributed by atoms with Crippen LogP contribution >= 0.6 is 17.0 Å². The second kappa shape index (κ2) is 2.62. The highest BCUT2D eigenvalue weighted by Gasteiger charge is 2.17. The quantitative estimate of drug-likeness (QED) is 0.539. The number of hydrogen-bond acceptors (Lipinski definition) is 0. The smallest absolute Gasteiger partial charge is 0.0417 e. The fourth-order valence-corrected chi connectivity index (χ4v) is 0.526. The van der Waals surface area contributed by atoms with Gasteiger partial charge in [0.25, 0.3) is 0 Å². The second-order valence-corrected chi connectivity index (χ2v) is 1.85. The van der Waals surface area contributed by atoms with E-state index < -0.39 is 0 Å². The molecule has 0 N–H and O–H groups in total. The molecule has 0 atom stereocenters. The largest absolute Gasteiger partial charge is 0.114 e. The Hall–Kier alpha value is 0.480. The average Bonchev–Trinajstić information content (AvgIpc) is 2.12. The summed E-state index contributed by atoms with van der Waals surface area (Å²) >= 11 is 0. The van der Waals surface area contributed by atoms with Crippen LogP contribution in [0.15, 0.2) is 0 Å². The van der Waals surface area contributed by atoms with E-state index in [4.69, 9.17) is 0 Å². The molecular weight excluding hydrogens is 140 g/mol. The molecule has 0 spiro atoms. The van der Waals surface area contributed by atoms with Crippen LogP contribution < -0.4 is 0 Å². The second-order valence-electron chi connectivity index (χ2n) is 1.85. The molecular formula is C5H11Br. The lowest BCUT2D eigenvalue weighted by Crippen LogP contribution is -1.59. The minimum absolute atomic E-state index is 0. The maximum Gasteiger partial charge on any atom is -0.0417 e. The molecule has 0 aromatic carbocycles. The van der Waals surface area contributed by atoms with E-state index in [1.165, 1.54) is 19.3 Å². The van der Waals surface area contributed by atoms with Crippen LogP contribution in [-0.4, -0.2) is 0 Å². The SMILES string of the molecule is Br.CCC1CC1. The third-order valence-electron chi connectivity index (χ3n) is 1.27. The maximum atomic E-state index is 2.26. The van der Waals surface area contributed by atoms with Crippen LogP contribution in [0.1, 0.15) is 26.2 Å². The van der Waals surface area contributed by atoms with E-state index in [1.807, 2.05) is 0 Å². The van der Waals surface area contributed by atoms with Gasteiger partial charge in [-0.1, -0.05) is 26.2 Å². The molecule has 1 aliphatic rings. The van der Waals surface area contributed by atoms with Crippen LogP contribution in [0.5, 0.6) is 0 Å². The van der Waals surface area contributed by atoms with Crippen molar-refractivity contribution < 1.29 is 0 Å². The van der Waals surface area contributed by atoms with Gasteiger partial charge in [0.05, 0.1) is 0 Å². The highest BCUT2D eigenvalue weighted by Crippen LogP contribution is 2.31. The first-order valence-electron chi connectivity index (χ1n) is 2.43. The van der Waals surface area contributed by atoms with Crippen LogP contribution in [0.25, 0.3) is 0 Å². The van der Waals surface area contributed by atoms with Gasteiger partial charge in [0.15, 0.2) is 0 Å². The molecule has 0 amide bonds. The van der Waals surface area contributed by atoms with E-state index in [9.17, 15) is 0 Å². The molecule has 0 aromatic rings. The highest BCUT2D eigenvalue weighted by atomic mass is 79.9. The standard InChI is InChI=1S/C5H10.BrH/c1-2-5-3-4-5;/h5H,2-4H2,1H3;1H. The van der Waals surface area contributed by atoms with Crippen molar-refractivity contribution in [1.29, 1.82) is 0 Å². The first-order chi connectivity index (χ1) is 2.43. The van der Waals surface area contributed by atoms with Gasteiger partial charge in [0.1, 0.15) is 0 Å². The van der Waals surface area contributed by atoms with Gasteiger partial charge in [-0.05, 0) is 5.92 Å². The fourth-order valence-electron chi connectivity index (χ4n) is 0.526. The molecule has 38 valence electrons. The lowest BCUT2D eigenvalue weighted by Gasteiger charge is -1.72. The Morgan fingerprint density at radius 1 is 1.50 bits per heavy atom. The Bertz CT molecular complexity index is 30.9. The Balaban J connectivity index is 0.000000250. The first kappa shape index (κ1) is 6.48. The van der Waals surface area contributed by atoms with E-state index in [-0.39, 0.29) is 17.0 Å². The minimum atomic E-state index is 0. The molecule has 1 fully saturated rings. The van der Waals surface area contributed by atoms with Crippen molar-refractivity contribution in [3.05, 3.63) is 0 Å². The summed E-state index contributed by atoms with van der Waals surface area (Å²) in [6, 6.07) is 0. The van der Waals surface area contributed by atoms with Crippen molar-refractivity contribution in [2.75, 3.05) is 0 Å². The summed E-state index contributed by atoms with van der Waals surface area (Å²) in [5.74, 6) is 1.13. The summed E-state index contributed by atoms with van der Waals surface area (Å²) in [4.78, 5) is 0. The number of hydrogen-bond donors (Lipinski definition) is 0. The molecule has 1 aliphatic carbocycles. The van der Waals surface area contributed by atoms with Gasteiger partial charge in [-0.15, -0.1) is 17.0 Å². The van der Waals surface area contributed by atoms with Crippen molar-refractivity contribution in [3.8, 4) is 0 Å². The third kappa shape index (κ3) is 1.81. The Labute approximate surface area is 49.7 Å². The predicted molar refractivity (Wildman–Crippen MR) is 33.3 cm³/mol. The summed E-state index contributed by atoms with van der Waals surface area (Å²) in [7, 11) is 0. The van der Waals surface area contributed by atoms with Crippen molar-refractivity contribution in [3.63, 3.8) is 0 Å². The van der Waals surface area contributed by atoms with E-state index in [0.29, 0.717) is 0 Å². The Morgan fingerprint density at radius 2 is 2.00 bits per heavy atom. The first-order valence-corrected chi connectivity index (χ1v) is 2.43. The fraction of sp³-hybridized carbons (Fsp3) is 1.00. The molecule has 0 bridgehead atoms. The summed E-state index contributed by atoms with van der Waals surface area (Å²) in [6.45, 7) is 2.26. The van der Waals surface area contributed by atoms with E-state index in [1.54, 1.807) is 0 Å². The van der Waals surface area contributed by atoms with Crippen molar-refractivity contribution in [2.45, 2.75) is 26.2 Å². The molecule has 0 radical (unpaired) electrons. The maximum absolute atomic E-state index is 2.26. The van der Waals surface area contributed by atoms with Crippen LogP contribution in [0.2, 0.25) is 0 Å². The molecule has 1 rings (SSSR count). The molecule has 1 saturated carbocycles. The predicted octanol–water partition coefficient (Wildman–Crippen LogP) is 2.38. The molecule has 0 aromatic heterocycles. The molecule has 0 heterocycles. The van der Waals surface area contributed by atoms with Crippen LogP contribution in [-0.2, 0) is 0 Å². The zero-order valence-electron chi connectivity index (χ0n) is 4.11. The van der Waals surface area contributed by atoms with Crippen LogP contribution in [0.3, 0.4) is 0 Å². The van der Waals surface area contributed by atoms with E-state index in [2.05, 4.69) is 6.92 Å². The van der Waals surface area contributed by atoms with E-state index >= 15 is 0 Å². The zero-order chi connectivity index (χ0) is 3.70. The van der Waals surface area contributed by atoms with Gasteiger partial charge in [0.2, 0.25) is 0 Å². The average molecular weight is 151 g/mol. The molecule has 6 heavy (non-hydrogen) atoms. The van der Waals surface area contributed by atoms with Gasteiger partial charge in [-0.25, -0.2) is 0 Å². The molecule has 0 aliphatic heterocycles. The molecule has 1 heteroatoms. The van der Waals surface area contributed by atoms with Gasteiger partial charge in [-0.2, -0.15) is 0 Å². The molecule has 0 saturated heterocycles. The minimum Gasteiger partial charge on any atom is -0.114 e. The summed E-state index contributed by atoms with van der Waals surface area (Å²) in [5.41, 5.74) is 0. The Morgan fingerprint density at radius 3 is 2.00 bits per heavy atom. The molecule has 0 unspecified atom stereocenters. The zero-order valence-corrected chi connectivity index (χ0v) is 5.82. The topological polar surface area (TPSA) is 0 Å². The van der Waals surface area contributed by atoms with E-state index in [0.717, 1.165) is 5.92 Å². The van der Waals surface area contributed by atoms with Crippen molar-refractivity contribution in [1.82, 2.24) is 0 Å². The van der Waals surface area contributed by atoms with Gasteiger partial charge in [0, 0.05) is 0 Å². The Kier molecular flexibility index (Phi) is 2.83. The molecule has 0 nitrogen and oxygen atoms in total. The summed E-state index contributed by atoms with van der Waals surface area (Å²) in [6.07, 6.45) is 4.44.